The van der Waals surface area contributed by atoms with Crippen molar-refractivity contribution < 1.29 is 9.59 Å². The summed E-state index contributed by atoms with van der Waals surface area (Å²) in [4.78, 5) is 32.0. The van der Waals surface area contributed by atoms with E-state index in [2.05, 4.69) is 34.1 Å². The average Bonchev–Trinajstić information content (AvgIpc) is 3.21. The van der Waals surface area contributed by atoms with Gasteiger partial charge in [-0.05, 0) is 36.3 Å². The van der Waals surface area contributed by atoms with Gasteiger partial charge in [0.25, 0.3) is 5.91 Å². The molecule has 6 heteroatoms. The number of carbonyl (C=O) groups is 2. The van der Waals surface area contributed by atoms with Gasteiger partial charge in [0, 0.05) is 57.1 Å². The Bertz CT molecular complexity index is 801. The highest BCUT2D eigenvalue weighted by Crippen LogP contribution is 2.23. The molecule has 154 valence electrons. The van der Waals surface area contributed by atoms with Crippen molar-refractivity contribution in [3.05, 3.63) is 58.3 Å². The highest BCUT2D eigenvalue weighted by Gasteiger charge is 2.31. The quantitative estimate of drug-likeness (QED) is 0.775. The molecule has 0 radical (unpaired) electrons. The molecule has 2 fully saturated rings. The Kier molecular flexibility index (Phi) is 6.62. The van der Waals surface area contributed by atoms with E-state index in [0.717, 1.165) is 57.5 Å². The first-order valence-corrected chi connectivity index (χ1v) is 11.5. The zero-order valence-corrected chi connectivity index (χ0v) is 17.7. The molecule has 0 bridgehead atoms. The third-order valence-corrected chi connectivity index (χ3v) is 6.73. The van der Waals surface area contributed by atoms with Crippen molar-refractivity contribution >= 4 is 23.2 Å². The van der Waals surface area contributed by atoms with Crippen molar-refractivity contribution in [3.63, 3.8) is 0 Å². The van der Waals surface area contributed by atoms with E-state index in [1.54, 1.807) is 11.3 Å². The molecule has 0 atom stereocenters. The van der Waals surface area contributed by atoms with Gasteiger partial charge in [0.15, 0.2) is 0 Å². The SMILES string of the molecule is O=C(c1ccsc1)N1CCC(C(=O)N2CCCN(Cc3ccccc3)CC2)CC1. The van der Waals surface area contributed by atoms with E-state index in [1.807, 2.05) is 27.8 Å². The van der Waals surface area contributed by atoms with Crippen molar-refractivity contribution in [2.45, 2.75) is 25.8 Å². The molecule has 29 heavy (non-hydrogen) atoms. The molecule has 1 aromatic carbocycles. The molecule has 0 unspecified atom stereocenters. The minimum Gasteiger partial charge on any atom is -0.341 e. The van der Waals surface area contributed by atoms with E-state index >= 15 is 0 Å². The van der Waals surface area contributed by atoms with Crippen molar-refractivity contribution in [3.8, 4) is 0 Å². The second-order valence-corrected chi connectivity index (χ2v) is 8.80. The van der Waals surface area contributed by atoms with E-state index in [-0.39, 0.29) is 17.7 Å². The zero-order valence-electron chi connectivity index (χ0n) is 16.8. The summed E-state index contributed by atoms with van der Waals surface area (Å²) in [5, 5.41) is 3.84. The second-order valence-electron chi connectivity index (χ2n) is 8.02. The van der Waals surface area contributed by atoms with Crippen LogP contribution < -0.4 is 0 Å². The third-order valence-electron chi connectivity index (χ3n) is 6.05. The van der Waals surface area contributed by atoms with Crippen LogP contribution in [0.4, 0.5) is 0 Å². The number of amides is 2. The molecule has 0 N–H and O–H groups in total. The topological polar surface area (TPSA) is 43.9 Å². The number of thiophene rings is 1. The largest absolute Gasteiger partial charge is 0.341 e. The van der Waals surface area contributed by atoms with Crippen molar-refractivity contribution in [1.29, 1.82) is 0 Å². The lowest BCUT2D eigenvalue weighted by Gasteiger charge is -2.34. The summed E-state index contributed by atoms with van der Waals surface area (Å²) in [6.45, 7) is 5.92. The van der Waals surface area contributed by atoms with Crippen LogP contribution in [0.5, 0.6) is 0 Å². The summed E-state index contributed by atoms with van der Waals surface area (Å²) in [7, 11) is 0. The van der Waals surface area contributed by atoms with E-state index in [9.17, 15) is 9.59 Å². The predicted octanol–water partition coefficient (Wildman–Crippen LogP) is 3.33. The minimum absolute atomic E-state index is 0.0576. The Balaban J connectivity index is 1.26. The molecule has 5 nitrogen and oxygen atoms in total. The lowest BCUT2D eigenvalue weighted by atomic mass is 9.94. The second kappa shape index (κ2) is 9.55. The van der Waals surface area contributed by atoms with Crippen LogP contribution in [0, 0.1) is 5.92 Å². The molecule has 2 amide bonds. The number of carbonyl (C=O) groups excluding carboxylic acids is 2. The minimum atomic E-state index is 0.0576. The summed E-state index contributed by atoms with van der Waals surface area (Å²) >= 11 is 1.55. The maximum absolute atomic E-state index is 13.1. The highest BCUT2D eigenvalue weighted by atomic mass is 32.1. The lowest BCUT2D eigenvalue weighted by Crippen LogP contribution is -2.45. The Morgan fingerprint density at radius 2 is 1.69 bits per heavy atom. The van der Waals surface area contributed by atoms with Crippen LogP contribution >= 0.6 is 11.3 Å². The highest BCUT2D eigenvalue weighted by molar-refractivity contribution is 7.08. The normalized spacial score (nSPS) is 19.2. The van der Waals surface area contributed by atoms with Crippen LogP contribution in [-0.2, 0) is 11.3 Å². The van der Waals surface area contributed by atoms with Gasteiger partial charge in [-0.1, -0.05) is 30.3 Å². The number of hydrogen-bond donors (Lipinski definition) is 0. The van der Waals surface area contributed by atoms with E-state index in [1.165, 1.54) is 5.56 Å². The van der Waals surface area contributed by atoms with Crippen molar-refractivity contribution in [1.82, 2.24) is 14.7 Å². The first-order valence-electron chi connectivity index (χ1n) is 10.6. The number of benzene rings is 1. The van der Waals surface area contributed by atoms with Gasteiger partial charge in [0.1, 0.15) is 0 Å². The Morgan fingerprint density at radius 3 is 2.41 bits per heavy atom. The molecule has 2 saturated heterocycles. The van der Waals surface area contributed by atoms with Gasteiger partial charge < -0.3 is 9.80 Å². The van der Waals surface area contributed by atoms with E-state index < -0.39 is 0 Å². The maximum Gasteiger partial charge on any atom is 0.254 e. The van der Waals surface area contributed by atoms with Gasteiger partial charge in [-0.25, -0.2) is 0 Å². The summed E-state index contributed by atoms with van der Waals surface area (Å²) in [6.07, 6.45) is 2.58. The van der Waals surface area contributed by atoms with Crippen molar-refractivity contribution in [2.75, 3.05) is 39.3 Å². The van der Waals surface area contributed by atoms with Crippen LogP contribution in [-0.4, -0.2) is 65.8 Å². The van der Waals surface area contributed by atoms with Crippen LogP contribution in [0.15, 0.2) is 47.2 Å². The van der Waals surface area contributed by atoms with Crippen molar-refractivity contribution in [2.24, 2.45) is 5.92 Å². The molecular weight excluding hydrogens is 382 g/mol. The van der Waals surface area contributed by atoms with Gasteiger partial charge in [-0.3, -0.25) is 14.5 Å². The Labute approximate surface area is 176 Å². The fraction of sp³-hybridized carbons (Fsp3) is 0.478. The predicted molar refractivity (Wildman–Crippen MR) is 116 cm³/mol. The van der Waals surface area contributed by atoms with Crippen LogP contribution in [0.2, 0.25) is 0 Å². The molecule has 0 saturated carbocycles. The number of rotatable bonds is 4. The van der Waals surface area contributed by atoms with E-state index in [4.69, 9.17) is 0 Å². The average molecular weight is 412 g/mol. The molecule has 2 aliphatic heterocycles. The standard InChI is InChI=1S/C23H29N3O2S/c27-22(20-7-12-26(13-8-20)23(28)21-9-16-29-18-21)25-11-4-10-24(14-15-25)17-19-5-2-1-3-6-19/h1-3,5-6,9,16,18,20H,4,7-8,10-15,17H2. The summed E-state index contributed by atoms with van der Waals surface area (Å²) in [5.74, 6) is 0.444. The van der Waals surface area contributed by atoms with E-state index in [0.29, 0.717) is 13.1 Å². The lowest BCUT2D eigenvalue weighted by molar-refractivity contribution is -0.136. The molecule has 3 heterocycles. The van der Waals surface area contributed by atoms with Crippen LogP contribution in [0.1, 0.15) is 35.2 Å². The van der Waals surface area contributed by atoms with Gasteiger partial charge in [0.2, 0.25) is 5.91 Å². The fourth-order valence-corrected chi connectivity index (χ4v) is 4.98. The molecule has 0 spiro atoms. The maximum atomic E-state index is 13.1. The Morgan fingerprint density at radius 1 is 0.897 bits per heavy atom. The van der Waals surface area contributed by atoms with Gasteiger partial charge in [-0.15, -0.1) is 0 Å². The number of nitrogens with zero attached hydrogens (tertiary/aromatic N) is 3. The number of piperidine rings is 1. The molecule has 2 aliphatic rings. The monoisotopic (exact) mass is 411 g/mol. The Hall–Kier alpha value is -2.18. The molecule has 4 rings (SSSR count). The number of likely N-dealkylation sites (tertiary alicyclic amines) is 1. The summed E-state index contributed by atoms with van der Waals surface area (Å²) in [6, 6.07) is 12.4. The van der Waals surface area contributed by atoms with Gasteiger partial charge >= 0.3 is 0 Å². The van der Waals surface area contributed by atoms with Crippen LogP contribution in [0.25, 0.3) is 0 Å². The summed E-state index contributed by atoms with van der Waals surface area (Å²) < 4.78 is 0. The van der Waals surface area contributed by atoms with Crippen LogP contribution in [0.3, 0.4) is 0 Å². The van der Waals surface area contributed by atoms with Gasteiger partial charge in [-0.2, -0.15) is 11.3 Å². The molecule has 0 aliphatic carbocycles. The first-order chi connectivity index (χ1) is 14.2. The molecule has 2 aromatic rings. The fourth-order valence-electron chi connectivity index (χ4n) is 4.35. The summed E-state index contributed by atoms with van der Waals surface area (Å²) in [5.41, 5.74) is 2.10. The van der Waals surface area contributed by atoms with Gasteiger partial charge in [0.05, 0.1) is 5.56 Å². The smallest absolute Gasteiger partial charge is 0.254 e. The zero-order chi connectivity index (χ0) is 20.1. The molecular formula is C23H29N3O2S. The third kappa shape index (κ3) is 5.06. The molecule has 1 aromatic heterocycles. The number of hydrogen-bond acceptors (Lipinski definition) is 4. The first kappa shape index (κ1) is 20.1.